The molecule has 0 atom stereocenters. The SMILES string of the molecule is COCCOC(=O)/C(C#N)=C/c1cn(-c2ccccc2)nc1-c1ccc(OC)cc1. The van der Waals surface area contributed by atoms with E-state index in [9.17, 15) is 10.1 Å². The molecule has 1 heterocycles. The van der Waals surface area contributed by atoms with Gasteiger partial charge in [-0.15, -0.1) is 0 Å². The van der Waals surface area contributed by atoms with Crippen LogP contribution >= 0.6 is 0 Å². The summed E-state index contributed by atoms with van der Waals surface area (Å²) in [7, 11) is 3.11. The highest BCUT2D eigenvalue weighted by molar-refractivity contribution is 5.98. The molecule has 0 unspecified atom stereocenters. The number of rotatable bonds is 8. The molecule has 1 aromatic heterocycles. The molecule has 0 fully saturated rings. The molecule has 0 amide bonds. The molecule has 7 heteroatoms. The molecule has 0 spiro atoms. The predicted octanol–water partition coefficient (Wildman–Crippen LogP) is 3.64. The third kappa shape index (κ3) is 4.93. The number of carbonyl (C=O) groups excluding carboxylic acids is 1. The summed E-state index contributed by atoms with van der Waals surface area (Å²) in [5, 5.41) is 14.2. The van der Waals surface area contributed by atoms with Crippen molar-refractivity contribution in [2.75, 3.05) is 27.4 Å². The van der Waals surface area contributed by atoms with Gasteiger partial charge in [-0.2, -0.15) is 10.4 Å². The van der Waals surface area contributed by atoms with Crippen LogP contribution in [-0.2, 0) is 14.3 Å². The van der Waals surface area contributed by atoms with Gasteiger partial charge in [-0.05, 0) is 42.5 Å². The zero-order chi connectivity index (χ0) is 21.3. The van der Waals surface area contributed by atoms with E-state index in [-0.39, 0.29) is 18.8 Å². The fourth-order valence-corrected chi connectivity index (χ4v) is 2.77. The minimum atomic E-state index is -0.706. The quantitative estimate of drug-likeness (QED) is 0.247. The molecule has 2 aromatic carbocycles. The third-order valence-electron chi connectivity index (χ3n) is 4.29. The zero-order valence-corrected chi connectivity index (χ0v) is 16.7. The second-order valence-electron chi connectivity index (χ2n) is 6.24. The van der Waals surface area contributed by atoms with Crippen LogP contribution in [0.25, 0.3) is 23.0 Å². The van der Waals surface area contributed by atoms with Crippen molar-refractivity contribution in [2.24, 2.45) is 0 Å². The van der Waals surface area contributed by atoms with Crippen LogP contribution in [0, 0.1) is 11.3 Å². The van der Waals surface area contributed by atoms with Gasteiger partial charge < -0.3 is 14.2 Å². The molecule has 0 N–H and O–H groups in total. The van der Waals surface area contributed by atoms with Crippen LogP contribution in [0.5, 0.6) is 5.75 Å². The van der Waals surface area contributed by atoms with E-state index in [1.165, 1.54) is 13.2 Å². The average molecular weight is 403 g/mol. The molecule has 0 saturated carbocycles. The van der Waals surface area contributed by atoms with Gasteiger partial charge in [0.15, 0.2) is 0 Å². The lowest BCUT2D eigenvalue weighted by atomic mass is 10.1. The molecule has 3 aromatic rings. The highest BCUT2D eigenvalue weighted by Gasteiger charge is 2.16. The van der Waals surface area contributed by atoms with Gasteiger partial charge in [0, 0.05) is 24.4 Å². The number of carbonyl (C=O) groups is 1. The van der Waals surface area contributed by atoms with E-state index in [1.807, 2.05) is 60.7 Å². The molecule has 0 bridgehead atoms. The highest BCUT2D eigenvalue weighted by Crippen LogP contribution is 2.27. The van der Waals surface area contributed by atoms with Crippen LogP contribution in [0.15, 0.2) is 66.4 Å². The van der Waals surface area contributed by atoms with Crippen LogP contribution in [0.2, 0.25) is 0 Å². The molecule has 0 saturated heterocycles. The summed E-state index contributed by atoms with van der Waals surface area (Å²) in [5.74, 6) is 0.0143. The normalized spacial score (nSPS) is 11.0. The maximum Gasteiger partial charge on any atom is 0.348 e. The first-order valence-corrected chi connectivity index (χ1v) is 9.23. The molecule has 152 valence electrons. The van der Waals surface area contributed by atoms with Crippen molar-refractivity contribution in [3.05, 3.63) is 71.9 Å². The lowest BCUT2D eigenvalue weighted by Gasteiger charge is -2.04. The van der Waals surface area contributed by atoms with Gasteiger partial charge in [0.05, 0.1) is 25.1 Å². The zero-order valence-electron chi connectivity index (χ0n) is 16.7. The van der Waals surface area contributed by atoms with E-state index in [4.69, 9.17) is 14.2 Å². The van der Waals surface area contributed by atoms with Crippen molar-refractivity contribution in [3.63, 3.8) is 0 Å². The Morgan fingerprint density at radius 1 is 1.10 bits per heavy atom. The number of nitrogens with zero attached hydrogens (tertiary/aromatic N) is 3. The Morgan fingerprint density at radius 3 is 2.47 bits per heavy atom. The smallest absolute Gasteiger partial charge is 0.348 e. The summed E-state index contributed by atoms with van der Waals surface area (Å²) in [6.07, 6.45) is 3.26. The lowest BCUT2D eigenvalue weighted by Crippen LogP contribution is -2.11. The number of ether oxygens (including phenoxy) is 3. The van der Waals surface area contributed by atoms with Crippen molar-refractivity contribution < 1.29 is 19.0 Å². The summed E-state index contributed by atoms with van der Waals surface area (Å²) in [6.45, 7) is 0.330. The predicted molar refractivity (Wildman–Crippen MR) is 112 cm³/mol. The van der Waals surface area contributed by atoms with Gasteiger partial charge in [-0.1, -0.05) is 18.2 Å². The monoisotopic (exact) mass is 403 g/mol. The summed E-state index contributed by atoms with van der Waals surface area (Å²) >= 11 is 0. The second kappa shape index (κ2) is 10.0. The number of methoxy groups -OCH3 is 2. The number of benzene rings is 2. The van der Waals surface area contributed by atoms with Gasteiger partial charge in [-0.25, -0.2) is 9.48 Å². The minimum absolute atomic E-state index is 0.0724. The topological polar surface area (TPSA) is 86.4 Å². The first-order valence-electron chi connectivity index (χ1n) is 9.23. The molecule has 0 aliphatic heterocycles. The standard InChI is InChI=1S/C23H21N3O4/c1-28-12-13-30-23(27)18(15-24)14-19-16-26(20-6-4-3-5-7-20)25-22(19)17-8-10-21(29-2)11-9-17/h3-11,14,16H,12-13H2,1-2H3/b18-14+. The number of hydrogen-bond acceptors (Lipinski definition) is 6. The van der Waals surface area contributed by atoms with Crippen LogP contribution in [0.4, 0.5) is 0 Å². The van der Waals surface area contributed by atoms with E-state index in [0.717, 1.165) is 17.0 Å². The van der Waals surface area contributed by atoms with E-state index in [0.29, 0.717) is 11.3 Å². The van der Waals surface area contributed by atoms with Crippen molar-refractivity contribution in [3.8, 4) is 28.8 Å². The first-order chi connectivity index (χ1) is 14.7. The van der Waals surface area contributed by atoms with Crippen LogP contribution < -0.4 is 4.74 Å². The molecule has 0 aliphatic carbocycles. The van der Waals surface area contributed by atoms with E-state index >= 15 is 0 Å². The number of aromatic nitrogens is 2. The summed E-state index contributed by atoms with van der Waals surface area (Å²) in [5.41, 5.74) is 2.80. The Morgan fingerprint density at radius 2 is 1.83 bits per heavy atom. The van der Waals surface area contributed by atoms with E-state index in [2.05, 4.69) is 5.10 Å². The van der Waals surface area contributed by atoms with Crippen LogP contribution in [0.1, 0.15) is 5.56 Å². The fourth-order valence-electron chi connectivity index (χ4n) is 2.77. The van der Waals surface area contributed by atoms with Crippen molar-refractivity contribution in [1.29, 1.82) is 5.26 Å². The maximum absolute atomic E-state index is 12.2. The molecular formula is C23H21N3O4. The van der Waals surface area contributed by atoms with Crippen molar-refractivity contribution in [1.82, 2.24) is 9.78 Å². The Kier molecular flexibility index (Phi) is 6.98. The van der Waals surface area contributed by atoms with Crippen molar-refractivity contribution >= 4 is 12.0 Å². The number of nitriles is 1. The molecule has 0 aliphatic rings. The molecule has 30 heavy (non-hydrogen) atoms. The number of esters is 1. The molecule has 3 rings (SSSR count). The fraction of sp³-hybridized carbons (Fsp3) is 0.174. The van der Waals surface area contributed by atoms with E-state index in [1.54, 1.807) is 18.0 Å². The molecular weight excluding hydrogens is 382 g/mol. The Balaban J connectivity index is 2.03. The lowest BCUT2D eigenvalue weighted by molar-refractivity contribution is -0.139. The van der Waals surface area contributed by atoms with Crippen molar-refractivity contribution in [2.45, 2.75) is 0 Å². The van der Waals surface area contributed by atoms with Crippen LogP contribution in [0.3, 0.4) is 0 Å². The van der Waals surface area contributed by atoms with E-state index < -0.39 is 5.97 Å². The number of hydrogen-bond donors (Lipinski definition) is 0. The first kappa shape index (κ1) is 20.8. The number of para-hydroxylation sites is 1. The second-order valence-corrected chi connectivity index (χ2v) is 6.24. The summed E-state index contributed by atoms with van der Waals surface area (Å²) in [4.78, 5) is 12.2. The Bertz CT molecular complexity index is 1060. The van der Waals surface area contributed by atoms with Gasteiger partial charge in [0.25, 0.3) is 0 Å². The minimum Gasteiger partial charge on any atom is -0.497 e. The van der Waals surface area contributed by atoms with Crippen LogP contribution in [-0.4, -0.2) is 43.2 Å². The van der Waals surface area contributed by atoms with Gasteiger partial charge in [0.2, 0.25) is 0 Å². The summed E-state index contributed by atoms with van der Waals surface area (Å²) < 4.78 is 16.9. The summed E-state index contributed by atoms with van der Waals surface area (Å²) in [6, 6.07) is 18.9. The third-order valence-corrected chi connectivity index (χ3v) is 4.29. The van der Waals surface area contributed by atoms with Gasteiger partial charge in [0.1, 0.15) is 24.0 Å². The highest BCUT2D eigenvalue weighted by atomic mass is 16.6. The van der Waals surface area contributed by atoms with Gasteiger partial charge >= 0.3 is 5.97 Å². The van der Waals surface area contributed by atoms with Gasteiger partial charge in [-0.3, -0.25) is 0 Å². The molecule has 0 radical (unpaired) electrons. The largest absolute Gasteiger partial charge is 0.497 e. The Labute approximate surface area is 174 Å². The maximum atomic E-state index is 12.2. The molecule has 7 nitrogen and oxygen atoms in total. The average Bonchev–Trinajstić information content (AvgIpc) is 3.22. The Hall–Kier alpha value is -3.89.